The average Bonchev–Trinajstić information content (AvgIpc) is 2.13. The smallest absolute Gasteiger partial charge is 0.177 e. The molecule has 0 fully saturated rings. The lowest BCUT2D eigenvalue weighted by Gasteiger charge is -2.34. The largest absolute Gasteiger partial charge is 0.550 e. The predicted octanol–water partition coefficient (Wildman–Crippen LogP) is -1.70. The molecular formula is C12H23NO5. The van der Waals surface area contributed by atoms with Crippen molar-refractivity contribution in [1.82, 2.24) is 0 Å². The van der Waals surface area contributed by atoms with E-state index in [9.17, 15) is 19.8 Å². The second-order valence-electron chi connectivity index (χ2n) is 5.63. The van der Waals surface area contributed by atoms with Crippen molar-refractivity contribution < 1.29 is 29.4 Å². The molecule has 2 N–H and O–H groups in total. The van der Waals surface area contributed by atoms with Crippen molar-refractivity contribution in [1.29, 1.82) is 0 Å². The van der Waals surface area contributed by atoms with Crippen LogP contribution in [-0.4, -0.2) is 66.3 Å². The minimum atomic E-state index is -1.90. The number of hydrogen-bond donors (Lipinski definition) is 2. The van der Waals surface area contributed by atoms with E-state index in [0.29, 0.717) is 12.8 Å². The molecule has 0 radical (unpaired) electrons. The van der Waals surface area contributed by atoms with Gasteiger partial charge in [0.15, 0.2) is 11.4 Å². The zero-order chi connectivity index (χ0) is 14.4. The summed E-state index contributed by atoms with van der Waals surface area (Å²) in [5.74, 6) is -1.95. The van der Waals surface area contributed by atoms with Crippen molar-refractivity contribution in [2.75, 3.05) is 34.3 Å². The second-order valence-corrected chi connectivity index (χ2v) is 5.63. The monoisotopic (exact) mass is 261 g/mol. The van der Waals surface area contributed by atoms with Crippen molar-refractivity contribution in [3.63, 3.8) is 0 Å². The van der Waals surface area contributed by atoms with Gasteiger partial charge in [-0.15, -0.1) is 0 Å². The van der Waals surface area contributed by atoms with E-state index in [1.54, 1.807) is 21.1 Å². The first-order valence-corrected chi connectivity index (χ1v) is 5.97. The van der Waals surface area contributed by atoms with E-state index in [0.717, 1.165) is 0 Å². The van der Waals surface area contributed by atoms with Crippen LogP contribution in [0.3, 0.4) is 0 Å². The molecule has 0 saturated carbocycles. The maximum atomic E-state index is 11.9. The Morgan fingerprint density at radius 2 is 1.78 bits per heavy atom. The Bertz CT molecular complexity index is 297. The summed E-state index contributed by atoms with van der Waals surface area (Å²) in [4.78, 5) is 22.6. The number of ketones is 1. The minimum absolute atomic E-state index is 0.0128. The highest BCUT2D eigenvalue weighted by atomic mass is 16.4. The van der Waals surface area contributed by atoms with Crippen LogP contribution in [0.5, 0.6) is 0 Å². The molecule has 0 aliphatic heterocycles. The van der Waals surface area contributed by atoms with Crippen LogP contribution >= 0.6 is 0 Å². The summed E-state index contributed by atoms with van der Waals surface area (Å²) in [7, 11) is 5.30. The number of carbonyl (C=O) groups excluding carboxylic acids is 2. The molecule has 6 nitrogen and oxygen atoms in total. The predicted molar refractivity (Wildman–Crippen MR) is 63.4 cm³/mol. The van der Waals surface area contributed by atoms with Gasteiger partial charge in [0.2, 0.25) is 0 Å². The van der Waals surface area contributed by atoms with Gasteiger partial charge in [-0.25, -0.2) is 0 Å². The number of likely N-dealkylation sites (N-methyl/N-ethyl adjacent to an activating group) is 1. The molecule has 0 aromatic carbocycles. The van der Waals surface area contributed by atoms with Gasteiger partial charge in [0.1, 0.15) is 6.54 Å². The lowest BCUT2D eigenvalue weighted by molar-refractivity contribution is -0.875. The molecule has 0 rings (SSSR count). The topological polar surface area (TPSA) is 97.7 Å². The Hall–Kier alpha value is -0.980. The molecular weight excluding hydrogens is 238 g/mol. The van der Waals surface area contributed by atoms with Crippen LogP contribution < -0.4 is 5.11 Å². The van der Waals surface area contributed by atoms with E-state index < -0.39 is 23.8 Å². The number of quaternary nitrogens is 1. The average molecular weight is 261 g/mol. The third kappa shape index (κ3) is 6.68. The number of nitrogens with zero attached hydrogens (tertiary/aromatic N) is 1. The fraction of sp³-hybridized carbons (Fsp3) is 0.833. The Morgan fingerprint density at radius 3 is 2.17 bits per heavy atom. The van der Waals surface area contributed by atoms with Crippen molar-refractivity contribution in [3.05, 3.63) is 0 Å². The van der Waals surface area contributed by atoms with Crippen LogP contribution in [0.2, 0.25) is 0 Å². The van der Waals surface area contributed by atoms with E-state index in [4.69, 9.17) is 5.11 Å². The normalized spacial score (nSPS) is 15.2. The van der Waals surface area contributed by atoms with E-state index in [2.05, 4.69) is 0 Å². The maximum absolute atomic E-state index is 11.9. The summed E-state index contributed by atoms with van der Waals surface area (Å²) in [6.45, 7) is -0.0134. The Labute approximate surface area is 107 Å². The van der Waals surface area contributed by atoms with Gasteiger partial charge in [0, 0.05) is 25.4 Å². The SMILES string of the molecule is C[N+](C)(C)CC(O)(CC(=O)[O-])C(=O)CCCCO. The van der Waals surface area contributed by atoms with Gasteiger partial charge in [0.05, 0.1) is 21.1 Å². The molecule has 0 heterocycles. The first-order valence-electron chi connectivity index (χ1n) is 5.97. The van der Waals surface area contributed by atoms with Crippen LogP contribution in [0.25, 0.3) is 0 Å². The first-order chi connectivity index (χ1) is 8.10. The lowest BCUT2D eigenvalue weighted by Crippen LogP contribution is -2.56. The second kappa shape index (κ2) is 6.82. The number of aliphatic hydroxyl groups is 2. The van der Waals surface area contributed by atoms with Gasteiger partial charge < -0.3 is 24.6 Å². The fourth-order valence-corrected chi connectivity index (χ4v) is 1.90. The number of unbranched alkanes of at least 4 members (excludes halogenated alkanes) is 1. The van der Waals surface area contributed by atoms with Crippen LogP contribution in [0.4, 0.5) is 0 Å². The number of hydrogen-bond acceptors (Lipinski definition) is 5. The van der Waals surface area contributed by atoms with E-state index in [1.807, 2.05) is 0 Å². The Morgan fingerprint density at radius 1 is 1.22 bits per heavy atom. The third-order valence-electron chi connectivity index (χ3n) is 2.50. The molecule has 0 spiro atoms. The van der Waals surface area contributed by atoms with Gasteiger partial charge in [0.25, 0.3) is 0 Å². The number of Topliss-reactive ketones (excluding diaryl/α,β-unsaturated/α-hetero) is 1. The first kappa shape index (κ1) is 17.0. The van der Waals surface area contributed by atoms with Crippen molar-refractivity contribution in [2.45, 2.75) is 31.3 Å². The van der Waals surface area contributed by atoms with Crippen molar-refractivity contribution in [2.24, 2.45) is 0 Å². The molecule has 0 bridgehead atoms. The maximum Gasteiger partial charge on any atom is 0.177 e. The third-order valence-corrected chi connectivity index (χ3v) is 2.50. The highest BCUT2D eigenvalue weighted by Gasteiger charge is 2.40. The fourth-order valence-electron chi connectivity index (χ4n) is 1.90. The zero-order valence-corrected chi connectivity index (χ0v) is 11.3. The Balaban J connectivity index is 4.74. The molecule has 1 atom stereocenters. The van der Waals surface area contributed by atoms with Crippen LogP contribution in [-0.2, 0) is 9.59 Å². The molecule has 106 valence electrons. The van der Waals surface area contributed by atoms with Crippen LogP contribution in [0, 0.1) is 0 Å². The highest BCUT2D eigenvalue weighted by Crippen LogP contribution is 2.18. The summed E-state index contributed by atoms with van der Waals surface area (Å²) in [6.07, 6.45) is 0.254. The summed E-state index contributed by atoms with van der Waals surface area (Å²) in [5, 5.41) is 29.5. The lowest BCUT2D eigenvalue weighted by atomic mass is 9.90. The van der Waals surface area contributed by atoms with E-state index in [1.165, 1.54) is 0 Å². The zero-order valence-electron chi connectivity index (χ0n) is 11.3. The number of carbonyl (C=O) groups is 2. The summed E-state index contributed by atoms with van der Waals surface area (Å²) < 4.78 is 0.273. The minimum Gasteiger partial charge on any atom is -0.550 e. The summed E-state index contributed by atoms with van der Waals surface area (Å²) in [5.41, 5.74) is -1.90. The Kier molecular flexibility index (Phi) is 6.45. The molecule has 1 unspecified atom stereocenters. The standard InChI is InChI=1S/C12H23NO5/c1-13(2,3)9-12(18,8-11(16)17)10(15)6-4-5-7-14/h14,18H,4-9H2,1-3H3. The molecule has 0 aromatic heterocycles. The number of aliphatic carboxylic acids is 1. The number of aliphatic hydroxyl groups excluding tert-OH is 1. The molecule has 0 saturated heterocycles. The number of carboxylic acid groups (broad SMARTS) is 1. The number of carboxylic acids is 1. The molecule has 18 heavy (non-hydrogen) atoms. The van der Waals surface area contributed by atoms with Gasteiger partial charge in [-0.1, -0.05) is 0 Å². The van der Waals surface area contributed by atoms with Gasteiger partial charge in [-0.2, -0.15) is 0 Å². The van der Waals surface area contributed by atoms with E-state index in [-0.39, 0.29) is 24.1 Å². The van der Waals surface area contributed by atoms with Crippen LogP contribution in [0.1, 0.15) is 25.7 Å². The van der Waals surface area contributed by atoms with Gasteiger partial charge in [-0.05, 0) is 12.8 Å². The van der Waals surface area contributed by atoms with Gasteiger partial charge in [-0.3, -0.25) is 4.79 Å². The molecule has 0 aliphatic rings. The molecule has 6 heteroatoms. The van der Waals surface area contributed by atoms with Crippen LogP contribution in [0.15, 0.2) is 0 Å². The number of rotatable bonds is 9. The highest BCUT2D eigenvalue weighted by molar-refractivity contribution is 5.90. The molecule has 0 aliphatic carbocycles. The molecule has 0 amide bonds. The quantitative estimate of drug-likeness (QED) is 0.381. The molecule has 0 aromatic rings. The van der Waals surface area contributed by atoms with Gasteiger partial charge >= 0.3 is 0 Å². The van der Waals surface area contributed by atoms with E-state index >= 15 is 0 Å². The van der Waals surface area contributed by atoms with Crippen molar-refractivity contribution in [3.8, 4) is 0 Å². The summed E-state index contributed by atoms with van der Waals surface area (Å²) in [6, 6.07) is 0. The summed E-state index contributed by atoms with van der Waals surface area (Å²) >= 11 is 0. The van der Waals surface area contributed by atoms with Crippen molar-refractivity contribution >= 4 is 11.8 Å².